The molecule has 0 amide bonds. The van der Waals surface area contributed by atoms with Gasteiger partial charge in [0.25, 0.3) is 0 Å². The first-order chi connectivity index (χ1) is 12.0. The largest absolute Gasteiger partial charge is 0.369 e. The van der Waals surface area contributed by atoms with Crippen LogP contribution in [0.15, 0.2) is 48.8 Å². The number of hydrogen-bond acceptors (Lipinski definition) is 4. The molecule has 0 saturated carbocycles. The molecule has 1 atom stereocenters. The lowest BCUT2D eigenvalue weighted by Crippen LogP contribution is -2.13. The van der Waals surface area contributed by atoms with E-state index in [1.165, 1.54) is 18.5 Å². The van der Waals surface area contributed by atoms with Gasteiger partial charge in [0.1, 0.15) is 17.8 Å². The maximum Gasteiger partial charge on any atom is 0.161 e. The zero-order valence-corrected chi connectivity index (χ0v) is 14.5. The lowest BCUT2D eigenvalue weighted by Gasteiger charge is -2.22. The number of benzene rings is 2. The first-order valence-corrected chi connectivity index (χ1v) is 8.29. The van der Waals surface area contributed by atoms with Crippen LogP contribution in [-0.2, 0) is 0 Å². The molecule has 0 fully saturated rings. The van der Waals surface area contributed by atoms with Crippen molar-refractivity contribution in [2.24, 2.45) is 0 Å². The minimum absolute atomic E-state index is 0.192. The molecule has 1 aliphatic heterocycles. The van der Waals surface area contributed by atoms with Crippen molar-refractivity contribution in [3.63, 3.8) is 0 Å². The van der Waals surface area contributed by atoms with E-state index in [0.29, 0.717) is 16.7 Å². The van der Waals surface area contributed by atoms with E-state index < -0.39 is 0 Å². The minimum atomic E-state index is -0.263. The van der Waals surface area contributed by atoms with E-state index in [1.54, 1.807) is 12.1 Å². The number of aromatic nitrogens is 2. The van der Waals surface area contributed by atoms with Gasteiger partial charge in [-0.25, -0.2) is 14.4 Å². The molecule has 2 aromatic carbocycles. The Morgan fingerprint density at radius 2 is 1.88 bits per heavy atom. The molecule has 4 nitrogen and oxygen atoms in total. The minimum Gasteiger partial charge on any atom is -0.369 e. The van der Waals surface area contributed by atoms with Crippen LogP contribution in [0.25, 0.3) is 0 Å². The Kier molecular flexibility index (Phi) is 3.81. The zero-order chi connectivity index (χ0) is 17.6. The van der Waals surface area contributed by atoms with Crippen molar-refractivity contribution in [2.75, 3.05) is 17.3 Å². The number of anilines is 3. The monoisotopic (exact) mass is 354 g/mol. The second-order valence-corrected chi connectivity index (χ2v) is 6.47. The predicted molar refractivity (Wildman–Crippen MR) is 98.1 cm³/mol. The zero-order valence-electron chi connectivity index (χ0n) is 13.8. The molecule has 0 bridgehead atoms. The average molecular weight is 355 g/mol. The SMILES string of the molecule is Cc1ccc2c(c1)C(c1ccc(F)cc1)Nc1c(Cl)ncnc1N2C. The fourth-order valence-electron chi connectivity index (χ4n) is 3.20. The third-order valence-electron chi connectivity index (χ3n) is 4.45. The topological polar surface area (TPSA) is 41.1 Å². The number of fused-ring (bicyclic) bond motifs is 2. The van der Waals surface area contributed by atoms with Gasteiger partial charge in [-0.15, -0.1) is 0 Å². The van der Waals surface area contributed by atoms with E-state index >= 15 is 0 Å². The van der Waals surface area contributed by atoms with Crippen molar-refractivity contribution in [2.45, 2.75) is 13.0 Å². The molecule has 1 aliphatic rings. The number of hydrogen-bond donors (Lipinski definition) is 1. The maximum atomic E-state index is 13.4. The van der Waals surface area contributed by atoms with Gasteiger partial charge in [-0.2, -0.15) is 0 Å². The number of rotatable bonds is 1. The summed E-state index contributed by atoms with van der Waals surface area (Å²) in [7, 11) is 1.95. The summed E-state index contributed by atoms with van der Waals surface area (Å²) in [6, 6.07) is 12.5. The first kappa shape index (κ1) is 15.8. The van der Waals surface area contributed by atoms with Crippen molar-refractivity contribution in [1.82, 2.24) is 9.97 Å². The number of nitrogens with one attached hydrogen (secondary N) is 1. The predicted octanol–water partition coefficient (Wildman–Crippen LogP) is 4.86. The van der Waals surface area contributed by atoms with E-state index in [2.05, 4.69) is 33.5 Å². The fraction of sp³-hybridized carbons (Fsp3) is 0.158. The van der Waals surface area contributed by atoms with Crippen molar-refractivity contribution in [1.29, 1.82) is 0 Å². The molecular weight excluding hydrogens is 339 g/mol. The van der Waals surface area contributed by atoms with Gasteiger partial charge in [-0.05, 0) is 30.7 Å². The van der Waals surface area contributed by atoms with E-state index in [1.807, 2.05) is 18.9 Å². The second kappa shape index (κ2) is 6.01. The summed E-state index contributed by atoms with van der Waals surface area (Å²) in [6.07, 6.45) is 1.45. The third-order valence-corrected chi connectivity index (χ3v) is 4.73. The summed E-state index contributed by atoms with van der Waals surface area (Å²) < 4.78 is 13.4. The third kappa shape index (κ3) is 2.70. The number of nitrogens with zero attached hydrogens (tertiary/aromatic N) is 3. The molecule has 0 aliphatic carbocycles. The molecule has 0 radical (unpaired) electrons. The van der Waals surface area contributed by atoms with Gasteiger partial charge in [0.2, 0.25) is 0 Å². The molecule has 4 rings (SSSR count). The van der Waals surface area contributed by atoms with Crippen LogP contribution in [0, 0.1) is 12.7 Å². The van der Waals surface area contributed by atoms with Gasteiger partial charge in [0.05, 0.1) is 6.04 Å². The van der Waals surface area contributed by atoms with Crippen molar-refractivity contribution in [3.05, 3.63) is 76.5 Å². The molecule has 1 N–H and O–H groups in total. The molecule has 25 heavy (non-hydrogen) atoms. The molecular formula is C19H16ClFN4. The molecule has 1 unspecified atom stereocenters. The van der Waals surface area contributed by atoms with Gasteiger partial charge in [0, 0.05) is 18.3 Å². The van der Waals surface area contributed by atoms with Crippen molar-refractivity contribution in [3.8, 4) is 0 Å². The molecule has 6 heteroatoms. The highest BCUT2D eigenvalue weighted by Gasteiger charge is 2.28. The van der Waals surface area contributed by atoms with Gasteiger partial charge in [-0.1, -0.05) is 41.4 Å². The van der Waals surface area contributed by atoms with Crippen LogP contribution in [0.5, 0.6) is 0 Å². The summed E-state index contributed by atoms with van der Waals surface area (Å²) in [5.41, 5.74) is 4.83. The van der Waals surface area contributed by atoms with E-state index in [0.717, 1.165) is 22.4 Å². The Balaban J connectivity index is 1.97. The normalized spacial score (nSPS) is 15.8. The summed E-state index contributed by atoms with van der Waals surface area (Å²) in [6.45, 7) is 2.05. The lowest BCUT2D eigenvalue weighted by atomic mass is 9.95. The average Bonchev–Trinajstić information content (AvgIpc) is 2.72. The Morgan fingerprint density at radius 3 is 2.64 bits per heavy atom. The van der Waals surface area contributed by atoms with Gasteiger partial charge in [-0.3, -0.25) is 0 Å². The summed E-state index contributed by atoms with van der Waals surface area (Å²) in [5.74, 6) is 0.440. The van der Waals surface area contributed by atoms with Crippen LogP contribution < -0.4 is 10.2 Å². The molecule has 1 aromatic heterocycles. The number of halogens is 2. The number of aryl methyl sites for hydroxylation is 1. The summed E-state index contributed by atoms with van der Waals surface area (Å²) in [4.78, 5) is 10.5. The Morgan fingerprint density at radius 1 is 1.12 bits per heavy atom. The molecule has 0 spiro atoms. The lowest BCUT2D eigenvalue weighted by molar-refractivity contribution is 0.626. The molecule has 3 aromatic rings. The van der Waals surface area contributed by atoms with Crippen LogP contribution in [0.4, 0.5) is 21.6 Å². The van der Waals surface area contributed by atoms with Crippen LogP contribution in [0.1, 0.15) is 22.7 Å². The molecule has 126 valence electrons. The molecule has 0 saturated heterocycles. The Labute approximate surface area is 150 Å². The standard InChI is InChI=1S/C19H16ClFN4/c1-11-3-8-15-14(9-11)16(12-4-6-13(21)7-5-12)24-17-18(20)22-10-23-19(17)25(15)2/h3-10,16,24H,1-2H3. The van der Waals surface area contributed by atoms with E-state index in [-0.39, 0.29) is 11.9 Å². The van der Waals surface area contributed by atoms with Gasteiger partial charge < -0.3 is 10.2 Å². The summed E-state index contributed by atoms with van der Waals surface area (Å²) >= 11 is 6.33. The Hall–Kier alpha value is -2.66. The fourth-order valence-corrected chi connectivity index (χ4v) is 3.38. The van der Waals surface area contributed by atoms with Crippen LogP contribution in [0.2, 0.25) is 5.15 Å². The highest BCUT2D eigenvalue weighted by Crippen LogP contribution is 2.44. The van der Waals surface area contributed by atoms with Crippen LogP contribution >= 0.6 is 11.6 Å². The second-order valence-electron chi connectivity index (χ2n) is 6.11. The van der Waals surface area contributed by atoms with Crippen LogP contribution in [0.3, 0.4) is 0 Å². The van der Waals surface area contributed by atoms with E-state index in [4.69, 9.17) is 11.6 Å². The Bertz CT molecular complexity index is 943. The van der Waals surface area contributed by atoms with Crippen LogP contribution in [-0.4, -0.2) is 17.0 Å². The van der Waals surface area contributed by atoms with Gasteiger partial charge >= 0.3 is 0 Å². The van der Waals surface area contributed by atoms with Crippen molar-refractivity contribution >= 4 is 28.8 Å². The summed E-state index contributed by atoms with van der Waals surface area (Å²) in [5, 5.41) is 3.81. The highest BCUT2D eigenvalue weighted by atomic mass is 35.5. The van der Waals surface area contributed by atoms with Crippen molar-refractivity contribution < 1.29 is 4.39 Å². The quantitative estimate of drug-likeness (QED) is 0.633. The first-order valence-electron chi connectivity index (χ1n) is 7.91. The van der Waals surface area contributed by atoms with E-state index in [9.17, 15) is 4.39 Å². The maximum absolute atomic E-state index is 13.4. The highest BCUT2D eigenvalue weighted by molar-refractivity contribution is 6.32. The smallest absolute Gasteiger partial charge is 0.161 e. The molecule has 2 heterocycles. The van der Waals surface area contributed by atoms with Gasteiger partial charge in [0.15, 0.2) is 11.0 Å².